The van der Waals surface area contributed by atoms with Crippen molar-refractivity contribution < 1.29 is 19.8 Å². The van der Waals surface area contributed by atoms with Gasteiger partial charge in [0.25, 0.3) is 0 Å². The number of nitrogens with one attached hydrogen (secondary N) is 1. The standard InChI is InChI=1S/C9H19N3O4S/c10-3-5(13)1-2-6(11)8(14)12-7(4-17)9(15)16/h5-7,13,17H,1-4,10-11H2,(H,12,14)(H,15,16)/t5-,6+,7+/m1/s1. The molecule has 17 heavy (non-hydrogen) atoms. The van der Waals surface area contributed by atoms with Crippen LogP contribution in [0.25, 0.3) is 0 Å². The maximum atomic E-state index is 11.5. The highest BCUT2D eigenvalue weighted by Crippen LogP contribution is 2.00. The van der Waals surface area contributed by atoms with Crippen LogP contribution in [0.3, 0.4) is 0 Å². The van der Waals surface area contributed by atoms with Gasteiger partial charge in [-0.3, -0.25) is 4.79 Å². The summed E-state index contributed by atoms with van der Waals surface area (Å²) in [6, 6.07) is -1.92. The summed E-state index contributed by atoms with van der Waals surface area (Å²) in [7, 11) is 0. The number of aliphatic carboxylic acids is 1. The SMILES string of the molecule is NC[C@H](O)CC[C@H](N)C(=O)N[C@@H](CS)C(=O)O. The fourth-order valence-electron chi connectivity index (χ4n) is 1.09. The maximum Gasteiger partial charge on any atom is 0.327 e. The zero-order chi connectivity index (χ0) is 13.4. The van der Waals surface area contributed by atoms with Crippen LogP contribution >= 0.6 is 12.6 Å². The van der Waals surface area contributed by atoms with Gasteiger partial charge < -0.3 is 27.0 Å². The highest BCUT2D eigenvalue weighted by Gasteiger charge is 2.22. The van der Waals surface area contributed by atoms with Gasteiger partial charge in [0.1, 0.15) is 6.04 Å². The Kier molecular flexibility index (Phi) is 7.88. The number of rotatable bonds is 8. The molecule has 8 heteroatoms. The van der Waals surface area contributed by atoms with E-state index in [4.69, 9.17) is 16.6 Å². The lowest BCUT2D eigenvalue weighted by Crippen LogP contribution is -2.49. The highest BCUT2D eigenvalue weighted by atomic mass is 32.1. The van der Waals surface area contributed by atoms with E-state index >= 15 is 0 Å². The molecule has 0 bridgehead atoms. The third-order valence-corrected chi connectivity index (χ3v) is 2.58. The van der Waals surface area contributed by atoms with Gasteiger partial charge in [0.15, 0.2) is 0 Å². The van der Waals surface area contributed by atoms with Gasteiger partial charge in [-0.05, 0) is 12.8 Å². The molecule has 0 radical (unpaired) electrons. The molecule has 0 aromatic carbocycles. The summed E-state index contributed by atoms with van der Waals surface area (Å²) in [5.74, 6) is -1.75. The monoisotopic (exact) mass is 265 g/mol. The minimum absolute atomic E-state index is 0.0147. The van der Waals surface area contributed by atoms with Crippen LogP contribution in [0.2, 0.25) is 0 Å². The predicted octanol–water partition coefficient (Wildman–Crippen LogP) is -2.09. The molecular weight excluding hydrogens is 246 g/mol. The topological polar surface area (TPSA) is 139 Å². The van der Waals surface area contributed by atoms with Gasteiger partial charge >= 0.3 is 5.97 Å². The van der Waals surface area contributed by atoms with Crippen molar-refractivity contribution in [3.63, 3.8) is 0 Å². The van der Waals surface area contributed by atoms with E-state index in [1.165, 1.54) is 0 Å². The molecule has 7 N–H and O–H groups in total. The number of amides is 1. The van der Waals surface area contributed by atoms with Gasteiger partial charge in [-0.1, -0.05) is 0 Å². The number of carboxylic acids is 1. The summed E-state index contributed by atoms with van der Waals surface area (Å²) in [5, 5.41) is 20.1. The van der Waals surface area contributed by atoms with Crippen LogP contribution < -0.4 is 16.8 Å². The highest BCUT2D eigenvalue weighted by molar-refractivity contribution is 7.80. The van der Waals surface area contributed by atoms with Crippen LogP contribution in [-0.4, -0.2) is 52.6 Å². The Bertz CT molecular complexity index is 265. The molecule has 1 amide bonds. The third kappa shape index (κ3) is 6.47. The van der Waals surface area contributed by atoms with E-state index in [1.807, 2.05) is 0 Å². The lowest BCUT2D eigenvalue weighted by Gasteiger charge is -2.17. The van der Waals surface area contributed by atoms with E-state index in [2.05, 4.69) is 17.9 Å². The average Bonchev–Trinajstić information content (AvgIpc) is 2.31. The minimum atomic E-state index is -1.16. The Morgan fingerprint density at radius 3 is 2.35 bits per heavy atom. The Hall–Kier alpha value is -0.830. The number of aliphatic hydroxyl groups is 1. The Labute approximate surface area is 105 Å². The molecule has 100 valence electrons. The quantitative estimate of drug-likeness (QED) is 0.278. The van der Waals surface area contributed by atoms with E-state index in [0.717, 1.165) is 0 Å². The lowest BCUT2D eigenvalue weighted by atomic mass is 10.1. The van der Waals surface area contributed by atoms with E-state index in [0.29, 0.717) is 6.42 Å². The van der Waals surface area contributed by atoms with Gasteiger partial charge in [-0.2, -0.15) is 12.6 Å². The zero-order valence-electron chi connectivity index (χ0n) is 9.37. The van der Waals surface area contributed by atoms with Crippen LogP contribution in [0, 0.1) is 0 Å². The number of thiol groups is 1. The molecule has 0 rings (SSSR count). The van der Waals surface area contributed by atoms with Crippen LogP contribution in [0.4, 0.5) is 0 Å². The molecule has 0 spiro atoms. The Morgan fingerprint density at radius 1 is 1.35 bits per heavy atom. The Morgan fingerprint density at radius 2 is 1.94 bits per heavy atom. The first-order valence-electron chi connectivity index (χ1n) is 5.20. The van der Waals surface area contributed by atoms with Crippen molar-refractivity contribution in [2.75, 3.05) is 12.3 Å². The first-order chi connectivity index (χ1) is 7.92. The second-order valence-electron chi connectivity index (χ2n) is 3.66. The number of carbonyl (C=O) groups excluding carboxylic acids is 1. The normalized spacial score (nSPS) is 16.0. The van der Waals surface area contributed by atoms with E-state index in [1.54, 1.807) is 0 Å². The van der Waals surface area contributed by atoms with E-state index < -0.39 is 30.1 Å². The predicted molar refractivity (Wildman–Crippen MR) is 65.7 cm³/mol. The zero-order valence-corrected chi connectivity index (χ0v) is 10.3. The minimum Gasteiger partial charge on any atom is -0.480 e. The largest absolute Gasteiger partial charge is 0.480 e. The molecule has 0 saturated heterocycles. The lowest BCUT2D eigenvalue weighted by molar-refractivity contribution is -0.141. The van der Waals surface area contributed by atoms with Crippen LogP contribution in [0.15, 0.2) is 0 Å². The van der Waals surface area contributed by atoms with Gasteiger partial charge in [0.2, 0.25) is 5.91 Å². The summed E-state index contributed by atoms with van der Waals surface area (Å²) in [6.07, 6.45) is -0.165. The van der Waals surface area contributed by atoms with E-state index in [-0.39, 0.29) is 18.7 Å². The van der Waals surface area contributed by atoms with Gasteiger partial charge in [0.05, 0.1) is 12.1 Å². The Balaban J connectivity index is 4.08. The molecular formula is C9H19N3O4S. The molecule has 0 aliphatic carbocycles. The van der Waals surface area contributed by atoms with Gasteiger partial charge in [-0.25, -0.2) is 4.79 Å². The smallest absolute Gasteiger partial charge is 0.327 e. The van der Waals surface area contributed by atoms with Crippen molar-refractivity contribution >= 4 is 24.5 Å². The van der Waals surface area contributed by atoms with E-state index in [9.17, 15) is 14.7 Å². The molecule has 0 aliphatic heterocycles. The van der Waals surface area contributed by atoms with Crippen LogP contribution in [0.5, 0.6) is 0 Å². The van der Waals surface area contributed by atoms with Gasteiger partial charge in [0, 0.05) is 12.3 Å². The van der Waals surface area contributed by atoms with Crippen molar-refractivity contribution in [2.45, 2.75) is 31.0 Å². The van der Waals surface area contributed by atoms with Crippen molar-refractivity contribution in [3.8, 4) is 0 Å². The van der Waals surface area contributed by atoms with Crippen LogP contribution in [0.1, 0.15) is 12.8 Å². The maximum absolute atomic E-state index is 11.5. The fourth-order valence-corrected chi connectivity index (χ4v) is 1.33. The molecule has 0 aliphatic rings. The average molecular weight is 265 g/mol. The number of aliphatic hydroxyl groups excluding tert-OH is 1. The summed E-state index contributed by atoms with van der Waals surface area (Å²) < 4.78 is 0. The molecule has 0 saturated carbocycles. The summed E-state index contributed by atoms with van der Waals surface area (Å²) in [4.78, 5) is 22.1. The molecule has 0 aromatic rings. The third-order valence-electron chi connectivity index (χ3n) is 2.22. The first kappa shape index (κ1) is 16.2. The molecule has 0 fully saturated rings. The number of carbonyl (C=O) groups is 2. The number of nitrogens with two attached hydrogens (primary N) is 2. The summed E-state index contributed by atoms with van der Waals surface area (Å²) in [5.41, 5.74) is 10.7. The summed E-state index contributed by atoms with van der Waals surface area (Å²) in [6.45, 7) is 0.0999. The second kappa shape index (κ2) is 8.29. The van der Waals surface area contributed by atoms with Crippen molar-refractivity contribution in [3.05, 3.63) is 0 Å². The fraction of sp³-hybridized carbons (Fsp3) is 0.778. The second-order valence-corrected chi connectivity index (χ2v) is 4.02. The van der Waals surface area contributed by atoms with Crippen LogP contribution in [-0.2, 0) is 9.59 Å². The number of hydrogen-bond donors (Lipinski definition) is 6. The molecule has 7 nitrogen and oxygen atoms in total. The van der Waals surface area contributed by atoms with Crippen molar-refractivity contribution in [1.29, 1.82) is 0 Å². The first-order valence-corrected chi connectivity index (χ1v) is 5.83. The molecule has 0 aromatic heterocycles. The molecule has 0 unspecified atom stereocenters. The number of carboxylic acid groups (broad SMARTS) is 1. The molecule has 0 heterocycles. The summed E-state index contributed by atoms with van der Waals surface area (Å²) >= 11 is 3.81. The molecule has 3 atom stereocenters. The van der Waals surface area contributed by atoms with Gasteiger partial charge in [-0.15, -0.1) is 0 Å². The number of hydrogen-bond acceptors (Lipinski definition) is 6. The van der Waals surface area contributed by atoms with Crippen molar-refractivity contribution in [2.24, 2.45) is 11.5 Å². The van der Waals surface area contributed by atoms with Crippen molar-refractivity contribution in [1.82, 2.24) is 5.32 Å².